The number of nitrogens with zero attached hydrogens (tertiary/aromatic N) is 1. The average molecular weight is 188 g/mol. The molecule has 1 heterocycles. The number of carbonyl (C=O) groups is 1. The van der Waals surface area contributed by atoms with Crippen molar-refractivity contribution in [2.24, 2.45) is 0 Å². The van der Waals surface area contributed by atoms with E-state index in [9.17, 15) is 4.79 Å². The maximum atomic E-state index is 11.7. The summed E-state index contributed by atoms with van der Waals surface area (Å²) in [7, 11) is 0. The summed E-state index contributed by atoms with van der Waals surface area (Å²) in [6, 6.07) is 10.7. The molecule has 2 rings (SSSR count). The average Bonchev–Trinajstić information content (AvgIpc) is 2.72. The van der Waals surface area contributed by atoms with E-state index in [-0.39, 0.29) is 5.91 Å². The van der Waals surface area contributed by atoms with E-state index in [0.29, 0.717) is 6.42 Å². The second kappa shape index (κ2) is 4.27. The van der Waals surface area contributed by atoms with Gasteiger partial charge in [-0.1, -0.05) is 24.3 Å². The number of hydrogen-bond donors (Lipinski definition) is 0. The van der Waals surface area contributed by atoms with Crippen molar-refractivity contribution in [3.05, 3.63) is 35.9 Å². The molecule has 0 aromatic heterocycles. The zero-order valence-corrected chi connectivity index (χ0v) is 8.20. The topological polar surface area (TPSA) is 20.3 Å². The lowest BCUT2D eigenvalue weighted by atomic mass is 10.1. The predicted octanol–water partition coefficient (Wildman–Crippen LogP) is 1.65. The number of carbonyl (C=O) groups excluding carboxylic acids is 1. The Morgan fingerprint density at radius 1 is 1.36 bits per heavy atom. The fourth-order valence-electron chi connectivity index (χ4n) is 1.78. The van der Waals surface area contributed by atoms with E-state index in [1.165, 1.54) is 0 Å². The summed E-state index contributed by atoms with van der Waals surface area (Å²) in [5.41, 5.74) is 0.990. The van der Waals surface area contributed by atoms with Crippen molar-refractivity contribution in [1.29, 1.82) is 0 Å². The highest BCUT2D eigenvalue weighted by molar-refractivity contribution is 5.78. The van der Waals surface area contributed by atoms with E-state index in [2.05, 4.69) is 6.07 Å². The zero-order valence-electron chi connectivity index (χ0n) is 8.20. The van der Waals surface area contributed by atoms with Crippen molar-refractivity contribution in [2.75, 3.05) is 13.1 Å². The predicted molar refractivity (Wildman–Crippen MR) is 54.8 cm³/mol. The van der Waals surface area contributed by atoms with Crippen LogP contribution in [0.15, 0.2) is 24.3 Å². The van der Waals surface area contributed by atoms with Gasteiger partial charge < -0.3 is 4.90 Å². The maximum Gasteiger partial charge on any atom is 0.227 e. The van der Waals surface area contributed by atoms with Crippen molar-refractivity contribution in [3.8, 4) is 0 Å². The van der Waals surface area contributed by atoms with Crippen LogP contribution >= 0.6 is 0 Å². The normalized spacial score (nSPS) is 15.9. The van der Waals surface area contributed by atoms with Crippen LogP contribution in [0.1, 0.15) is 18.4 Å². The van der Waals surface area contributed by atoms with E-state index in [1.54, 1.807) is 0 Å². The molecule has 1 aliphatic heterocycles. The Bertz CT molecular complexity index is 301. The fraction of sp³-hybridized carbons (Fsp3) is 0.417. The molecule has 0 unspecified atom stereocenters. The Balaban J connectivity index is 1.94. The number of benzene rings is 1. The van der Waals surface area contributed by atoms with Gasteiger partial charge in [-0.15, -0.1) is 0 Å². The van der Waals surface area contributed by atoms with Crippen LogP contribution in [-0.4, -0.2) is 23.9 Å². The Hall–Kier alpha value is -1.31. The van der Waals surface area contributed by atoms with Crippen LogP contribution in [0.25, 0.3) is 0 Å². The van der Waals surface area contributed by atoms with Crippen LogP contribution in [0.4, 0.5) is 0 Å². The van der Waals surface area contributed by atoms with Gasteiger partial charge in [0.2, 0.25) is 5.91 Å². The molecule has 1 amide bonds. The van der Waals surface area contributed by atoms with Crippen molar-refractivity contribution < 1.29 is 4.79 Å². The Kier molecular flexibility index (Phi) is 2.82. The molecule has 2 heteroatoms. The van der Waals surface area contributed by atoms with Crippen LogP contribution < -0.4 is 0 Å². The molecule has 0 aliphatic carbocycles. The lowest BCUT2D eigenvalue weighted by Crippen LogP contribution is -2.29. The molecule has 2 nitrogen and oxygen atoms in total. The third-order valence-corrected chi connectivity index (χ3v) is 2.57. The summed E-state index contributed by atoms with van der Waals surface area (Å²) in [5.74, 6) is 0.241. The van der Waals surface area contributed by atoms with E-state index < -0.39 is 0 Å². The highest BCUT2D eigenvalue weighted by atomic mass is 16.2. The van der Waals surface area contributed by atoms with Crippen molar-refractivity contribution in [1.82, 2.24) is 4.90 Å². The molecule has 1 aromatic carbocycles. The maximum absolute atomic E-state index is 11.7. The van der Waals surface area contributed by atoms with E-state index >= 15 is 0 Å². The number of likely N-dealkylation sites (tertiary alicyclic amines) is 1. The first kappa shape index (κ1) is 9.25. The molecule has 14 heavy (non-hydrogen) atoms. The first-order chi connectivity index (χ1) is 6.86. The largest absolute Gasteiger partial charge is 0.342 e. The molecule has 0 saturated carbocycles. The van der Waals surface area contributed by atoms with Gasteiger partial charge in [0.05, 0.1) is 6.42 Å². The van der Waals surface area contributed by atoms with Crippen LogP contribution in [0.2, 0.25) is 0 Å². The summed E-state index contributed by atoms with van der Waals surface area (Å²) < 4.78 is 0. The Morgan fingerprint density at radius 3 is 2.79 bits per heavy atom. The zero-order chi connectivity index (χ0) is 9.80. The summed E-state index contributed by atoms with van der Waals surface area (Å²) in [6.07, 6.45) is 2.81. The fourth-order valence-corrected chi connectivity index (χ4v) is 1.78. The molecule has 0 spiro atoms. The lowest BCUT2D eigenvalue weighted by molar-refractivity contribution is -0.129. The molecule has 73 valence electrons. The quantitative estimate of drug-likeness (QED) is 0.691. The van der Waals surface area contributed by atoms with Crippen molar-refractivity contribution >= 4 is 5.91 Å². The lowest BCUT2D eigenvalue weighted by Gasteiger charge is -2.14. The van der Waals surface area contributed by atoms with Gasteiger partial charge in [-0.25, -0.2) is 0 Å². The highest BCUT2D eigenvalue weighted by Gasteiger charge is 2.17. The highest BCUT2D eigenvalue weighted by Crippen LogP contribution is 2.10. The first-order valence-corrected chi connectivity index (χ1v) is 5.09. The minimum Gasteiger partial charge on any atom is -0.342 e. The van der Waals surface area contributed by atoms with Gasteiger partial charge in [-0.3, -0.25) is 4.79 Å². The van der Waals surface area contributed by atoms with E-state index in [1.807, 2.05) is 29.2 Å². The number of hydrogen-bond acceptors (Lipinski definition) is 1. The van der Waals surface area contributed by atoms with Gasteiger partial charge in [0.1, 0.15) is 0 Å². The second-order valence-corrected chi connectivity index (χ2v) is 3.65. The van der Waals surface area contributed by atoms with Crippen molar-refractivity contribution in [2.45, 2.75) is 19.3 Å². The molecule has 0 bridgehead atoms. The van der Waals surface area contributed by atoms with Crippen LogP contribution in [-0.2, 0) is 11.2 Å². The monoisotopic (exact) mass is 188 g/mol. The Morgan fingerprint density at radius 2 is 2.14 bits per heavy atom. The summed E-state index contributed by atoms with van der Waals surface area (Å²) in [5, 5.41) is 0. The third-order valence-electron chi connectivity index (χ3n) is 2.57. The van der Waals surface area contributed by atoms with Gasteiger partial charge in [-0.05, 0) is 24.5 Å². The number of amides is 1. The standard InChI is InChI=1S/C12H14NO/c14-12(13-8-4-5-9-13)10-11-6-2-1-3-7-11/h1-3,6H,4-5,8-10H2. The van der Waals surface area contributed by atoms with Crippen LogP contribution in [0, 0.1) is 6.07 Å². The first-order valence-electron chi connectivity index (χ1n) is 5.09. The van der Waals surface area contributed by atoms with Gasteiger partial charge in [0, 0.05) is 13.1 Å². The van der Waals surface area contributed by atoms with Crippen molar-refractivity contribution in [3.63, 3.8) is 0 Å². The molecule has 0 N–H and O–H groups in total. The van der Waals surface area contributed by atoms with Gasteiger partial charge >= 0.3 is 0 Å². The third kappa shape index (κ3) is 2.13. The van der Waals surface area contributed by atoms with E-state index in [4.69, 9.17) is 0 Å². The summed E-state index contributed by atoms with van der Waals surface area (Å²) in [6.45, 7) is 1.87. The van der Waals surface area contributed by atoms with Crippen LogP contribution in [0.5, 0.6) is 0 Å². The molecule has 1 aromatic rings. The van der Waals surface area contributed by atoms with Gasteiger partial charge in [0.25, 0.3) is 0 Å². The van der Waals surface area contributed by atoms with Gasteiger partial charge in [-0.2, -0.15) is 0 Å². The minimum atomic E-state index is 0.241. The minimum absolute atomic E-state index is 0.241. The van der Waals surface area contributed by atoms with E-state index in [0.717, 1.165) is 31.5 Å². The molecular formula is C12H14NO. The molecule has 1 saturated heterocycles. The van der Waals surface area contributed by atoms with Crippen LogP contribution in [0.3, 0.4) is 0 Å². The molecule has 1 aliphatic rings. The smallest absolute Gasteiger partial charge is 0.227 e. The molecule has 0 atom stereocenters. The summed E-state index contributed by atoms with van der Waals surface area (Å²) in [4.78, 5) is 13.7. The SMILES string of the molecule is O=C(Cc1[c]cccc1)N1CCCC1. The summed E-state index contributed by atoms with van der Waals surface area (Å²) >= 11 is 0. The number of rotatable bonds is 2. The molecular weight excluding hydrogens is 174 g/mol. The molecule has 1 radical (unpaired) electrons. The van der Waals surface area contributed by atoms with Gasteiger partial charge in [0.15, 0.2) is 0 Å². The molecule has 1 fully saturated rings. The Labute approximate surface area is 84.5 Å². The second-order valence-electron chi connectivity index (χ2n) is 3.65.